The van der Waals surface area contributed by atoms with Crippen molar-refractivity contribution >= 4 is 21.8 Å². The van der Waals surface area contributed by atoms with Crippen molar-refractivity contribution in [2.45, 2.75) is 6.18 Å². The average molecular weight is 237 g/mol. The Morgan fingerprint density at radius 3 is 2.59 bits per heavy atom. The molecule has 86 valence electrons. The first-order valence-electron chi connectivity index (χ1n) is 4.85. The first kappa shape index (κ1) is 10.1. The second-order valence-corrected chi connectivity index (χ2v) is 3.63. The summed E-state index contributed by atoms with van der Waals surface area (Å²) < 4.78 is 38.2. The third-order valence-corrected chi connectivity index (χ3v) is 2.59. The second kappa shape index (κ2) is 3.19. The standard InChI is InChI=1S/C11H6F3N3/c12-11(13,14)10-9-7(2-4-16-10)6-1-3-15-5-8(6)17-9/h1-5,17H. The number of alkyl halides is 3. The quantitative estimate of drug-likeness (QED) is 0.652. The number of aromatic nitrogens is 3. The van der Waals surface area contributed by atoms with Gasteiger partial charge in [0.1, 0.15) is 0 Å². The number of hydrogen-bond acceptors (Lipinski definition) is 2. The van der Waals surface area contributed by atoms with Crippen molar-refractivity contribution in [1.82, 2.24) is 15.0 Å². The van der Waals surface area contributed by atoms with Gasteiger partial charge in [-0.2, -0.15) is 13.2 Å². The van der Waals surface area contributed by atoms with E-state index in [4.69, 9.17) is 0 Å². The third-order valence-electron chi connectivity index (χ3n) is 2.59. The number of hydrogen-bond donors (Lipinski definition) is 1. The summed E-state index contributed by atoms with van der Waals surface area (Å²) >= 11 is 0. The highest BCUT2D eigenvalue weighted by Crippen LogP contribution is 2.35. The summed E-state index contributed by atoms with van der Waals surface area (Å²) in [5.41, 5.74) is -0.324. The molecule has 0 fully saturated rings. The fraction of sp³-hybridized carbons (Fsp3) is 0.0909. The largest absolute Gasteiger partial charge is 0.435 e. The Hall–Kier alpha value is -2.11. The minimum atomic E-state index is -4.46. The Balaban J connectivity index is 2.48. The van der Waals surface area contributed by atoms with Crippen molar-refractivity contribution in [3.8, 4) is 0 Å². The highest BCUT2D eigenvalue weighted by molar-refractivity contribution is 6.07. The summed E-state index contributed by atoms with van der Waals surface area (Å²) in [7, 11) is 0. The molecule has 17 heavy (non-hydrogen) atoms. The van der Waals surface area contributed by atoms with Crippen LogP contribution in [0, 0.1) is 0 Å². The van der Waals surface area contributed by atoms with Crippen molar-refractivity contribution in [3.63, 3.8) is 0 Å². The number of halogens is 3. The van der Waals surface area contributed by atoms with Crippen LogP contribution in [0.4, 0.5) is 13.2 Å². The topological polar surface area (TPSA) is 41.6 Å². The van der Waals surface area contributed by atoms with Gasteiger partial charge in [-0.3, -0.25) is 4.98 Å². The Morgan fingerprint density at radius 1 is 1.06 bits per heavy atom. The van der Waals surface area contributed by atoms with Crippen LogP contribution in [-0.4, -0.2) is 15.0 Å². The molecule has 0 amide bonds. The lowest BCUT2D eigenvalue weighted by Crippen LogP contribution is -2.08. The summed E-state index contributed by atoms with van der Waals surface area (Å²) in [6.07, 6.45) is -0.258. The Labute approximate surface area is 93.3 Å². The number of pyridine rings is 2. The van der Waals surface area contributed by atoms with Crippen LogP contribution >= 0.6 is 0 Å². The van der Waals surface area contributed by atoms with E-state index in [1.807, 2.05) is 0 Å². The van der Waals surface area contributed by atoms with Gasteiger partial charge in [0.2, 0.25) is 0 Å². The Morgan fingerprint density at radius 2 is 1.82 bits per heavy atom. The van der Waals surface area contributed by atoms with E-state index in [0.717, 1.165) is 0 Å². The molecule has 3 aromatic rings. The van der Waals surface area contributed by atoms with E-state index in [-0.39, 0.29) is 5.52 Å². The number of nitrogens with one attached hydrogen (secondary N) is 1. The first-order chi connectivity index (χ1) is 8.07. The highest BCUT2D eigenvalue weighted by Gasteiger charge is 2.35. The normalized spacial score (nSPS) is 12.4. The van der Waals surface area contributed by atoms with Gasteiger partial charge in [0, 0.05) is 23.2 Å². The molecule has 0 aromatic carbocycles. The summed E-state index contributed by atoms with van der Waals surface area (Å²) in [6.45, 7) is 0. The van der Waals surface area contributed by atoms with E-state index in [2.05, 4.69) is 15.0 Å². The lowest BCUT2D eigenvalue weighted by molar-refractivity contribution is -0.139. The molecule has 0 aliphatic carbocycles. The number of aromatic amines is 1. The van der Waals surface area contributed by atoms with Crippen LogP contribution < -0.4 is 0 Å². The molecule has 0 aliphatic rings. The van der Waals surface area contributed by atoms with E-state index >= 15 is 0 Å². The van der Waals surface area contributed by atoms with Crippen LogP contribution in [-0.2, 0) is 6.18 Å². The fourth-order valence-electron chi connectivity index (χ4n) is 1.89. The second-order valence-electron chi connectivity index (χ2n) is 3.63. The van der Waals surface area contributed by atoms with Gasteiger partial charge in [-0.15, -0.1) is 0 Å². The first-order valence-corrected chi connectivity index (χ1v) is 4.85. The number of rotatable bonds is 0. The van der Waals surface area contributed by atoms with Crippen LogP contribution in [0.1, 0.15) is 5.69 Å². The van der Waals surface area contributed by atoms with Crippen molar-refractivity contribution in [2.24, 2.45) is 0 Å². The van der Waals surface area contributed by atoms with Gasteiger partial charge in [-0.1, -0.05) is 0 Å². The monoisotopic (exact) mass is 237 g/mol. The van der Waals surface area contributed by atoms with Gasteiger partial charge in [-0.05, 0) is 12.1 Å². The third kappa shape index (κ3) is 1.44. The van der Waals surface area contributed by atoms with E-state index in [1.54, 1.807) is 18.3 Å². The van der Waals surface area contributed by atoms with Crippen molar-refractivity contribution in [1.29, 1.82) is 0 Å². The van der Waals surface area contributed by atoms with Crippen molar-refractivity contribution in [2.75, 3.05) is 0 Å². The molecular formula is C11H6F3N3. The number of H-pyrrole nitrogens is 1. The number of fused-ring (bicyclic) bond motifs is 3. The molecule has 0 aliphatic heterocycles. The van der Waals surface area contributed by atoms with Crippen LogP contribution in [0.5, 0.6) is 0 Å². The molecule has 0 bridgehead atoms. The molecule has 0 saturated carbocycles. The molecule has 0 saturated heterocycles. The predicted octanol–water partition coefficient (Wildman–Crippen LogP) is 3.13. The van der Waals surface area contributed by atoms with E-state index in [9.17, 15) is 13.2 Å². The molecule has 1 N–H and O–H groups in total. The highest BCUT2D eigenvalue weighted by atomic mass is 19.4. The summed E-state index contributed by atoms with van der Waals surface area (Å²) in [6, 6.07) is 3.23. The van der Waals surface area contributed by atoms with Gasteiger partial charge < -0.3 is 4.98 Å². The smallest absolute Gasteiger partial charge is 0.351 e. The van der Waals surface area contributed by atoms with Gasteiger partial charge >= 0.3 is 6.18 Å². The maximum Gasteiger partial charge on any atom is 0.435 e. The SMILES string of the molecule is FC(F)(F)c1nccc2c1[nH]c1cnccc12. The van der Waals surface area contributed by atoms with Crippen molar-refractivity contribution < 1.29 is 13.2 Å². The van der Waals surface area contributed by atoms with E-state index in [0.29, 0.717) is 16.3 Å². The van der Waals surface area contributed by atoms with Crippen LogP contribution in [0.15, 0.2) is 30.7 Å². The molecular weight excluding hydrogens is 231 g/mol. The van der Waals surface area contributed by atoms with Crippen LogP contribution in [0.2, 0.25) is 0 Å². The van der Waals surface area contributed by atoms with Crippen LogP contribution in [0.3, 0.4) is 0 Å². The average Bonchev–Trinajstić information content (AvgIpc) is 2.65. The maximum absolute atomic E-state index is 12.7. The minimum absolute atomic E-state index is 0.00278. The molecule has 3 nitrogen and oxygen atoms in total. The molecule has 3 aromatic heterocycles. The lowest BCUT2D eigenvalue weighted by atomic mass is 10.2. The summed E-state index contributed by atoms with van der Waals surface area (Å²) in [5, 5.41) is 1.22. The zero-order chi connectivity index (χ0) is 12.0. The van der Waals surface area contributed by atoms with Crippen LogP contribution in [0.25, 0.3) is 21.8 Å². The molecule has 3 rings (SSSR count). The Kier molecular flexibility index (Phi) is 1.89. The van der Waals surface area contributed by atoms with Gasteiger partial charge in [0.25, 0.3) is 0 Å². The van der Waals surface area contributed by atoms with Crippen molar-refractivity contribution in [3.05, 3.63) is 36.4 Å². The molecule has 3 heterocycles. The zero-order valence-electron chi connectivity index (χ0n) is 8.42. The number of nitrogens with zero attached hydrogens (tertiary/aromatic N) is 2. The molecule has 0 atom stereocenters. The summed E-state index contributed by atoms with van der Waals surface area (Å²) in [4.78, 5) is 9.97. The van der Waals surface area contributed by atoms with Gasteiger partial charge in [0.15, 0.2) is 5.69 Å². The molecule has 0 radical (unpaired) electrons. The predicted molar refractivity (Wildman–Crippen MR) is 56.4 cm³/mol. The molecule has 0 spiro atoms. The minimum Gasteiger partial charge on any atom is -0.351 e. The Bertz CT molecular complexity index is 700. The zero-order valence-corrected chi connectivity index (χ0v) is 8.42. The van der Waals surface area contributed by atoms with E-state index < -0.39 is 11.9 Å². The summed E-state index contributed by atoms with van der Waals surface area (Å²) in [5.74, 6) is 0. The van der Waals surface area contributed by atoms with Gasteiger partial charge in [-0.25, -0.2) is 4.98 Å². The van der Waals surface area contributed by atoms with Gasteiger partial charge in [0.05, 0.1) is 17.2 Å². The lowest BCUT2D eigenvalue weighted by Gasteiger charge is -2.05. The molecule has 0 unspecified atom stereocenters. The molecule has 6 heteroatoms. The fourth-order valence-corrected chi connectivity index (χ4v) is 1.89. The van der Waals surface area contributed by atoms with E-state index in [1.165, 1.54) is 12.4 Å². The maximum atomic E-state index is 12.7.